The number of ether oxygens (including phenoxy) is 1. The Balaban J connectivity index is 3.12. The van der Waals surface area contributed by atoms with Gasteiger partial charge >= 0.3 is 0 Å². The monoisotopic (exact) mass is 296 g/mol. The van der Waals surface area contributed by atoms with Crippen molar-refractivity contribution >= 4 is 10.0 Å². The van der Waals surface area contributed by atoms with Crippen LogP contribution >= 0.6 is 0 Å². The third-order valence-electron chi connectivity index (χ3n) is 2.74. The third-order valence-corrected chi connectivity index (χ3v) is 4.54. The Morgan fingerprint density at radius 2 is 2.15 bits per heavy atom. The van der Waals surface area contributed by atoms with E-state index in [1.807, 2.05) is 6.92 Å². The van der Waals surface area contributed by atoms with Crippen LogP contribution in [0.25, 0.3) is 0 Å². The minimum absolute atomic E-state index is 0.0222. The van der Waals surface area contributed by atoms with E-state index in [4.69, 9.17) is 16.9 Å². The van der Waals surface area contributed by atoms with E-state index in [0.29, 0.717) is 17.9 Å². The number of rotatable bonds is 7. The zero-order valence-electron chi connectivity index (χ0n) is 11.8. The predicted octanol–water partition coefficient (Wildman–Crippen LogP) is 1.19. The zero-order valence-corrected chi connectivity index (χ0v) is 12.6. The van der Waals surface area contributed by atoms with E-state index in [2.05, 4.69) is 5.92 Å². The molecule has 0 saturated heterocycles. The maximum Gasteiger partial charge on any atom is 0.243 e. The maximum atomic E-state index is 12.3. The van der Waals surface area contributed by atoms with Crippen LogP contribution < -0.4 is 10.5 Å². The number of sulfonamides is 1. The number of nitrogens with two attached hydrogens (primary N) is 1. The summed E-state index contributed by atoms with van der Waals surface area (Å²) in [6.45, 7) is 2.79. The average molecular weight is 296 g/mol. The Bertz CT molecular complexity index is 591. The molecule has 2 N–H and O–H groups in total. The van der Waals surface area contributed by atoms with Gasteiger partial charge in [0, 0.05) is 19.2 Å². The van der Waals surface area contributed by atoms with E-state index in [1.165, 1.54) is 19.2 Å². The number of hydrogen-bond donors (Lipinski definition) is 1. The largest absolute Gasteiger partial charge is 0.493 e. The average Bonchev–Trinajstić information content (AvgIpc) is 2.45. The lowest BCUT2D eigenvalue weighted by Crippen LogP contribution is -2.27. The standard InChI is InChI=1S/C14H20N2O3S/c1-4-8-16(3)20(17,18)13-6-7-14(19-9-5-2)12(10-13)11-15/h1,6-7,10H,5,8-9,11,15H2,2-3H3. The molecule has 0 amide bonds. The fourth-order valence-corrected chi connectivity index (χ4v) is 2.76. The molecule has 1 aromatic carbocycles. The molecule has 0 fully saturated rings. The molecular formula is C14H20N2O3S. The van der Waals surface area contributed by atoms with Crippen molar-refractivity contribution in [1.29, 1.82) is 0 Å². The van der Waals surface area contributed by atoms with Crippen molar-refractivity contribution in [2.24, 2.45) is 5.73 Å². The van der Waals surface area contributed by atoms with Crippen molar-refractivity contribution in [1.82, 2.24) is 4.31 Å². The smallest absolute Gasteiger partial charge is 0.243 e. The quantitative estimate of drug-likeness (QED) is 0.767. The molecule has 0 saturated carbocycles. The van der Waals surface area contributed by atoms with Crippen molar-refractivity contribution < 1.29 is 13.2 Å². The molecule has 6 heteroatoms. The van der Waals surface area contributed by atoms with Crippen molar-refractivity contribution in [2.45, 2.75) is 24.8 Å². The van der Waals surface area contributed by atoms with Crippen LogP contribution in [0.3, 0.4) is 0 Å². The molecule has 1 aromatic rings. The van der Waals surface area contributed by atoms with Crippen LogP contribution in [0.15, 0.2) is 23.1 Å². The molecule has 0 aliphatic heterocycles. The first-order valence-corrected chi connectivity index (χ1v) is 7.77. The molecule has 20 heavy (non-hydrogen) atoms. The number of hydrogen-bond acceptors (Lipinski definition) is 4. The summed E-state index contributed by atoms with van der Waals surface area (Å²) in [4.78, 5) is 0.166. The molecule has 110 valence electrons. The van der Waals surface area contributed by atoms with E-state index in [-0.39, 0.29) is 18.0 Å². The van der Waals surface area contributed by atoms with Gasteiger partial charge in [-0.2, -0.15) is 4.31 Å². The summed E-state index contributed by atoms with van der Waals surface area (Å²) in [7, 11) is -2.15. The van der Waals surface area contributed by atoms with Crippen molar-refractivity contribution in [2.75, 3.05) is 20.2 Å². The second kappa shape index (κ2) is 7.29. The molecule has 0 bridgehead atoms. The normalized spacial score (nSPS) is 11.3. The molecule has 0 unspecified atom stereocenters. The van der Waals surface area contributed by atoms with Gasteiger partial charge in [0.25, 0.3) is 0 Å². The van der Waals surface area contributed by atoms with E-state index in [9.17, 15) is 8.42 Å². The molecule has 0 atom stereocenters. The van der Waals surface area contributed by atoms with E-state index in [1.54, 1.807) is 6.07 Å². The van der Waals surface area contributed by atoms with Gasteiger partial charge in [-0.05, 0) is 24.6 Å². The predicted molar refractivity (Wildman–Crippen MR) is 78.8 cm³/mol. The fraction of sp³-hybridized carbons (Fsp3) is 0.429. The summed E-state index contributed by atoms with van der Waals surface area (Å²) in [5.74, 6) is 2.93. The van der Waals surface area contributed by atoms with Crippen LogP contribution in [0.1, 0.15) is 18.9 Å². The Kier molecular flexibility index (Phi) is 6.02. The van der Waals surface area contributed by atoms with Gasteiger partial charge in [-0.3, -0.25) is 0 Å². The Morgan fingerprint density at radius 1 is 1.45 bits per heavy atom. The highest BCUT2D eigenvalue weighted by Gasteiger charge is 2.21. The summed E-state index contributed by atoms with van der Waals surface area (Å²) < 4.78 is 31.2. The first-order chi connectivity index (χ1) is 9.47. The maximum absolute atomic E-state index is 12.3. The fourth-order valence-electron chi connectivity index (χ4n) is 1.62. The van der Waals surface area contributed by atoms with Gasteiger partial charge in [0.2, 0.25) is 10.0 Å². The van der Waals surface area contributed by atoms with E-state index in [0.717, 1.165) is 10.7 Å². The Morgan fingerprint density at radius 3 is 2.70 bits per heavy atom. The van der Waals surface area contributed by atoms with E-state index >= 15 is 0 Å². The number of benzene rings is 1. The summed E-state index contributed by atoms with van der Waals surface area (Å²) in [5, 5.41) is 0. The van der Waals surface area contributed by atoms with Gasteiger partial charge in [-0.15, -0.1) is 6.42 Å². The van der Waals surface area contributed by atoms with E-state index < -0.39 is 10.0 Å². The molecule has 0 spiro atoms. The minimum atomic E-state index is -3.59. The highest BCUT2D eigenvalue weighted by molar-refractivity contribution is 7.89. The Hall–Kier alpha value is -1.55. The lowest BCUT2D eigenvalue weighted by atomic mass is 10.2. The number of terminal acetylenes is 1. The zero-order chi connectivity index (χ0) is 15.2. The van der Waals surface area contributed by atoms with Gasteiger partial charge in [0.05, 0.1) is 18.0 Å². The number of nitrogens with zero attached hydrogens (tertiary/aromatic N) is 1. The second-order valence-corrected chi connectivity index (χ2v) is 6.33. The van der Waals surface area contributed by atoms with Crippen LogP contribution in [-0.4, -0.2) is 32.9 Å². The first kappa shape index (κ1) is 16.5. The topological polar surface area (TPSA) is 72.6 Å². The van der Waals surface area contributed by atoms with Crippen LogP contribution in [0.2, 0.25) is 0 Å². The summed E-state index contributed by atoms with van der Waals surface area (Å²) in [6.07, 6.45) is 6.01. The van der Waals surface area contributed by atoms with Crippen molar-refractivity contribution in [3.8, 4) is 18.1 Å². The molecule has 0 radical (unpaired) electrons. The van der Waals surface area contributed by atoms with Crippen LogP contribution in [0.5, 0.6) is 5.75 Å². The lowest BCUT2D eigenvalue weighted by molar-refractivity contribution is 0.314. The molecule has 0 aliphatic rings. The van der Waals surface area contributed by atoms with Gasteiger partial charge in [0.15, 0.2) is 0 Å². The SMILES string of the molecule is C#CCN(C)S(=O)(=O)c1ccc(OCCC)c(CN)c1. The van der Waals surface area contributed by atoms with Crippen molar-refractivity contribution in [3.05, 3.63) is 23.8 Å². The van der Waals surface area contributed by atoms with Crippen LogP contribution in [0, 0.1) is 12.3 Å². The minimum Gasteiger partial charge on any atom is -0.493 e. The highest BCUT2D eigenvalue weighted by atomic mass is 32.2. The molecule has 0 heterocycles. The second-order valence-electron chi connectivity index (χ2n) is 4.29. The van der Waals surface area contributed by atoms with Crippen LogP contribution in [-0.2, 0) is 16.6 Å². The van der Waals surface area contributed by atoms with Gasteiger partial charge in [0.1, 0.15) is 5.75 Å². The first-order valence-electron chi connectivity index (χ1n) is 6.33. The van der Waals surface area contributed by atoms with Gasteiger partial charge in [-0.25, -0.2) is 8.42 Å². The molecular weight excluding hydrogens is 276 g/mol. The van der Waals surface area contributed by atoms with Crippen molar-refractivity contribution in [3.63, 3.8) is 0 Å². The summed E-state index contributed by atoms with van der Waals surface area (Å²) in [6, 6.07) is 4.67. The highest BCUT2D eigenvalue weighted by Crippen LogP contribution is 2.24. The summed E-state index contributed by atoms with van der Waals surface area (Å²) >= 11 is 0. The van der Waals surface area contributed by atoms with Crippen LogP contribution in [0.4, 0.5) is 0 Å². The Labute approximate surface area is 120 Å². The molecule has 0 aliphatic carbocycles. The summed E-state index contributed by atoms with van der Waals surface area (Å²) in [5.41, 5.74) is 6.31. The molecule has 1 rings (SSSR count). The lowest BCUT2D eigenvalue weighted by Gasteiger charge is -2.16. The third kappa shape index (κ3) is 3.73. The molecule has 0 aromatic heterocycles. The molecule has 5 nitrogen and oxygen atoms in total. The van der Waals surface area contributed by atoms with Gasteiger partial charge in [-0.1, -0.05) is 12.8 Å². The van der Waals surface area contributed by atoms with Gasteiger partial charge < -0.3 is 10.5 Å².